The third-order valence-electron chi connectivity index (χ3n) is 4.68. The number of halogens is 2. The van der Waals surface area contributed by atoms with Crippen LogP contribution in [0.15, 0.2) is 83.8 Å². The van der Waals surface area contributed by atoms with E-state index in [0.717, 1.165) is 22.2 Å². The number of hydrogen-bond donors (Lipinski definition) is 1. The standard InChI is InChI=1S/C24H24Cl2N2O3S2/c25-20-10-12-23(13-11-20)33(30,31)28(22-9-4-8-21(26)16-22)17-24(29)27-14-5-15-32-18-19-6-2-1-3-7-19/h1-4,6-13,16H,5,14-15,17-18H2,(H,27,29). The van der Waals surface area contributed by atoms with Crippen LogP contribution in [0.2, 0.25) is 10.0 Å². The van der Waals surface area contributed by atoms with Gasteiger partial charge in [0.15, 0.2) is 0 Å². The molecule has 5 nitrogen and oxygen atoms in total. The quantitative estimate of drug-likeness (QED) is 0.331. The van der Waals surface area contributed by atoms with E-state index in [1.165, 1.54) is 35.9 Å². The van der Waals surface area contributed by atoms with Crippen LogP contribution in [-0.4, -0.2) is 33.2 Å². The van der Waals surface area contributed by atoms with Crippen LogP contribution >= 0.6 is 35.0 Å². The first-order chi connectivity index (χ1) is 15.9. The number of anilines is 1. The van der Waals surface area contributed by atoms with Gasteiger partial charge in [0, 0.05) is 22.3 Å². The molecule has 0 aliphatic carbocycles. The van der Waals surface area contributed by atoms with Gasteiger partial charge in [0.2, 0.25) is 5.91 Å². The second-order valence-corrected chi connectivity index (χ2v) is 11.0. The van der Waals surface area contributed by atoms with E-state index in [1.54, 1.807) is 30.0 Å². The summed E-state index contributed by atoms with van der Waals surface area (Å²) in [5.74, 6) is 1.41. The minimum absolute atomic E-state index is 0.0389. The first kappa shape index (κ1) is 25.4. The molecule has 0 bridgehead atoms. The van der Waals surface area contributed by atoms with Crippen LogP contribution in [0.4, 0.5) is 5.69 Å². The third-order valence-corrected chi connectivity index (χ3v) is 8.07. The first-order valence-corrected chi connectivity index (χ1v) is 13.6. The van der Waals surface area contributed by atoms with Crippen molar-refractivity contribution in [3.63, 3.8) is 0 Å². The molecular weight excluding hydrogens is 499 g/mol. The Labute approximate surface area is 209 Å². The molecule has 0 radical (unpaired) electrons. The minimum atomic E-state index is -4.00. The fraction of sp³-hybridized carbons (Fsp3) is 0.208. The van der Waals surface area contributed by atoms with E-state index in [1.807, 2.05) is 18.2 Å². The second kappa shape index (κ2) is 12.3. The van der Waals surface area contributed by atoms with Gasteiger partial charge in [0.25, 0.3) is 10.0 Å². The average molecular weight is 524 g/mol. The van der Waals surface area contributed by atoms with E-state index in [4.69, 9.17) is 23.2 Å². The predicted molar refractivity (Wildman–Crippen MR) is 138 cm³/mol. The summed E-state index contributed by atoms with van der Waals surface area (Å²) in [6.45, 7) is 0.105. The lowest BCUT2D eigenvalue weighted by Gasteiger charge is -2.24. The summed E-state index contributed by atoms with van der Waals surface area (Å²) >= 11 is 13.8. The number of thioether (sulfide) groups is 1. The first-order valence-electron chi connectivity index (χ1n) is 10.3. The van der Waals surface area contributed by atoms with Crippen molar-refractivity contribution < 1.29 is 13.2 Å². The normalized spacial score (nSPS) is 11.2. The molecule has 9 heteroatoms. The zero-order chi connectivity index (χ0) is 23.7. The molecular formula is C24H24Cl2N2O3S2. The molecule has 0 saturated carbocycles. The molecule has 0 aliphatic heterocycles. The molecule has 3 aromatic carbocycles. The minimum Gasteiger partial charge on any atom is -0.354 e. The van der Waals surface area contributed by atoms with E-state index >= 15 is 0 Å². The zero-order valence-electron chi connectivity index (χ0n) is 17.8. The number of nitrogens with one attached hydrogen (secondary N) is 1. The number of hydrogen-bond acceptors (Lipinski definition) is 4. The van der Waals surface area contributed by atoms with E-state index in [9.17, 15) is 13.2 Å². The fourth-order valence-electron chi connectivity index (χ4n) is 3.03. The van der Waals surface area contributed by atoms with Gasteiger partial charge >= 0.3 is 0 Å². The van der Waals surface area contributed by atoms with Crippen molar-refractivity contribution in [3.8, 4) is 0 Å². The molecule has 0 fully saturated rings. The van der Waals surface area contributed by atoms with Gasteiger partial charge in [-0.1, -0.05) is 59.6 Å². The van der Waals surface area contributed by atoms with Crippen LogP contribution in [0, 0.1) is 0 Å². The lowest BCUT2D eigenvalue weighted by molar-refractivity contribution is -0.119. The van der Waals surface area contributed by atoms with Crippen molar-refractivity contribution in [2.24, 2.45) is 0 Å². The van der Waals surface area contributed by atoms with Gasteiger partial charge in [0.1, 0.15) is 6.54 Å². The van der Waals surface area contributed by atoms with Crippen molar-refractivity contribution in [2.75, 3.05) is 23.1 Å². The Hall–Kier alpha value is -2.19. The van der Waals surface area contributed by atoms with Gasteiger partial charge in [-0.2, -0.15) is 11.8 Å². The lowest BCUT2D eigenvalue weighted by atomic mass is 10.2. The summed E-state index contributed by atoms with van der Waals surface area (Å²) in [5, 5.41) is 3.61. The lowest BCUT2D eigenvalue weighted by Crippen LogP contribution is -2.41. The van der Waals surface area contributed by atoms with Gasteiger partial charge in [-0.15, -0.1) is 0 Å². The predicted octanol–water partition coefficient (Wildman–Crippen LogP) is 5.63. The molecule has 3 rings (SSSR count). The molecule has 0 atom stereocenters. The smallest absolute Gasteiger partial charge is 0.264 e. The molecule has 1 N–H and O–H groups in total. The summed E-state index contributed by atoms with van der Waals surface area (Å²) < 4.78 is 27.7. The molecule has 3 aromatic rings. The van der Waals surface area contributed by atoms with Crippen LogP contribution < -0.4 is 9.62 Å². The van der Waals surface area contributed by atoms with Crippen molar-refractivity contribution >= 4 is 56.6 Å². The van der Waals surface area contributed by atoms with Crippen molar-refractivity contribution in [2.45, 2.75) is 17.1 Å². The molecule has 0 saturated heterocycles. The van der Waals surface area contributed by atoms with E-state index < -0.39 is 10.0 Å². The maximum Gasteiger partial charge on any atom is 0.264 e. The monoisotopic (exact) mass is 522 g/mol. The number of carbonyl (C=O) groups excluding carboxylic acids is 1. The third kappa shape index (κ3) is 7.67. The Balaban J connectivity index is 1.60. The van der Waals surface area contributed by atoms with Crippen LogP contribution in [0.3, 0.4) is 0 Å². The average Bonchev–Trinajstić information content (AvgIpc) is 2.80. The maximum absolute atomic E-state index is 13.3. The summed E-state index contributed by atoms with van der Waals surface area (Å²) in [6, 6.07) is 22.4. The largest absolute Gasteiger partial charge is 0.354 e. The van der Waals surface area contributed by atoms with Crippen molar-refractivity contribution in [3.05, 3.63) is 94.5 Å². The SMILES string of the molecule is O=C(CN(c1cccc(Cl)c1)S(=O)(=O)c1ccc(Cl)cc1)NCCCSCc1ccccc1. The van der Waals surface area contributed by atoms with Gasteiger partial charge < -0.3 is 5.32 Å². The van der Waals surface area contributed by atoms with Gasteiger partial charge in [-0.25, -0.2) is 8.42 Å². The highest BCUT2D eigenvalue weighted by molar-refractivity contribution is 7.98. The Kier molecular flexibility index (Phi) is 9.50. The number of amides is 1. The highest BCUT2D eigenvalue weighted by Crippen LogP contribution is 2.26. The Morgan fingerprint density at radius 3 is 2.33 bits per heavy atom. The van der Waals surface area contributed by atoms with Crippen LogP contribution in [0.1, 0.15) is 12.0 Å². The van der Waals surface area contributed by atoms with E-state index in [2.05, 4.69) is 17.4 Å². The maximum atomic E-state index is 13.3. The van der Waals surface area contributed by atoms with Crippen LogP contribution in [0.5, 0.6) is 0 Å². The summed E-state index contributed by atoms with van der Waals surface area (Å²) in [6.07, 6.45) is 0.782. The number of rotatable bonds is 11. The number of sulfonamides is 1. The van der Waals surface area contributed by atoms with Gasteiger partial charge in [0.05, 0.1) is 10.6 Å². The van der Waals surface area contributed by atoms with E-state index in [-0.39, 0.29) is 17.3 Å². The van der Waals surface area contributed by atoms with Crippen LogP contribution in [-0.2, 0) is 20.6 Å². The molecule has 0 aliphatic rings. The second-order valence-electron chi connectivity index (χ2n) is 7.19. The number of carbonyl (C=O) groups is 1. The molecule has 174 valence electrons. The zero-order valence-corrected chi connectivity index (χ0v) is 20.9. The summed E-state index contributed by atoms with van der Waals surface area (Å²) in [5.41, 5.74) is 1.57. The highest BCUT2D eigenvalue weighted by atomic mass is 35.5. The fourth-order valence-corrected chi connectivity index (χ4v) is 5.68. The van der Waals surface area contributed by atoms with Crippen molar-refractivity contribution in [1.29, 1.82) is 0 Å². The molecule has 0 unspecified atom stereocenters. The molecule has 0 aromatic heterocycles. The Bertz CT molecular complexity index is 1160. The van der Waals surface area contributed by atoms with E-state index in [0.29, 0.717) is 22.3 Å². The topological polar surface area (TPSA) is 66.5 Å². The number of benzene rings is 3. The van der Waals surface area contributed by atoms with Gasteiger partial charge in [-0.3, -0.25) is 9.10 Å². The number of nitrogens with zero attached hydrogens (tertiary/aromatic N) is 1. The summed E-state index contributed by atoms with van der Waals surface area (Å²) in [4.78, 5) is 12.7. The molecule has 1 amide bonds. The van der Waals surface area contributed by atoms with Crippen LogP contribution in [0.25, 0.3) is 0 Å². The van der Waals surface area contributed by atoms with Crippen molar-refractivity contribution in [1.82, 2.24) is 5.32 Å². The Morgan fingerprint density at radius 2 is 1.64 bits per heavy atom. The van der Waals surface area contributed by atoms with Gasteiger partial charge in [-0.05, 0) is 60.2 Å². The molecule has 0 heterocycles. The molecule has 0 spiro atoms. The molecule has 33 heavy (non-hydrogen) atoms. The summed E-state index contributed by atoms with van der Waals surface area (Å²) in [7, 11) is -4.00. The Morgan fingerprint density at radius 1 is 0.909 bits per heavy atom. The highest BCUT2D eigenvalue weighted by Gasteiger charge is 2.27.